The Morgan fingerprint density at radius 1 is 1.15 bits per heavy atom. The van der Waals surface area contributed by atoms with Crippen molar-refractivity contribution in [3.8, 4) is 11.5 Å². The number of halogens is 4. The van der Waals surface area contributed by atoms with Crippen LogP contribution in [0, 0.1) is 11.6 Å². The summed E-state index contributed by atoms with van der Waals surface area (Å²) in [5.41, 5.74) is 0.277. The van der Waals surface area contributed by atoms with Gasteiger partial charge in [0.25, 0.3) is 5.89 Å². The van der Waals surface area contributed by atoms with Crippen LogP contribution in [0.5, 0.6) is 0 Å². The number of aromatic nitrogens is 3. The van der Waals surface area contributed by atoms with Crippen molar-refractivity contribution in [1.82, 2.24) is 19.5 Å². The van der Waals surface area contributed by atoms with Gasteiger partial charge in [-0.2, -0.15) is 8.78 Å². The molecule has 1 saturated heterocycles. The fraction of sp³-hybridized carbons (Fsp3) is 0.316. The molecular formula is C19H17F4N5O3S2. The summed E-state index contributed by atoms with van der Waals surface area (Å²) in [6.07, 6.45) is -1.79. The Hall–Kier alpha value is -2.71. The number of rotatable bonds is 7. The van der Waals surface area contributed by atoms with Crippen LogP contribution in [-0.4, -0.2) is 52.5 Å². The zero-order valence-electron chi connectivity index (χ0n) is 16.9. The topological polar surface area (TPSA) is 92.4 Å². The summed E-state index contributed by atoms with van der Waals surface area (Å²) in [4.78, 5) is 4.02. The van der Waals surface area contributed by atoms with Gasteiger partial charge in [0, 0.05) is 41.6 Å². The molecule has 1 unspecified atom stereocenters. The third-order valence-electron chi connectivity index (χ3n) is 4.75. The van der Waals surface area contributed by atoms with Crippen molar-refractivity contribution in [3.63, 3.8) is 0 Å². The lowest BCUT2D eigenvalue weighted by Crippen LogP contribution is -2.45. The monoisotopic (exact) mass is 503 g/mol. The quantitative estimate of drug-likeness (QED) is 0.461. The summed E-state index contributed by atoms with van der Waals surface area (Å²) in [5.74, 6) is -1.80. The van der Waals surface area contributed by atoms with Crippen LogP contribution in [0.15, 0.2) is 40.9 Å². The van der Waals surface area contributed by atoms with Gasteiger partial charge >= 0.3 is 6.43 Å². The lowest BCUT2D eigenvalue weighted by Gasteiger charge is -2.32. The number of pyridine rings is 1. The highest BCUT2D eigenvalue weighted by atomic mass is 32.2. The third-order valence-corrected chi connectivity index (χ3v) is 7.55. The minimum atomic E-state index is -2.96. The molecule has 8 nitrogen and oxygen atoms in total. The maximum atomic E-state index is 14.9. The lowest BCUT2D eigenvalue weighted by molar-refractivity contribution is 0.116. The molecular weight excluding hydrogens is 486 g/mol. The summed E-state index contributed by atoms with van der Waals surface area (Å²) >= 11 is -1.79. The molecule has 1 aliphatic heterocycles. The third kappa shape index (κ3) is 5.45. The van der Waals surface area contributed by atoms with Gasteiger partial charge in [0.2, 0.25) is 5.89 Å². The van der Waals surface area contributed by atoms with Crippen LogP contribution < -0.4 is 4.31 Å². The Bertz CT molecular complexity index is 1170. The van der Waals surface area contributed by atoms with Gasteiger partial charge in [0.05, 0.1) is 23.5 Å². The minimum Gasteiger partial charge on any atom is -0.415 e. The van der Waals surface area contributed by atoms with Gasteiger partial charge in [-0.15, -0.1) is 10.2 Å². The van der Waals surface area contributed by atoms with E-state index >= 15 is 0 Å². The van der Waals surface area contributed by atoms with E-state index in [0.29, 0.717) is 30.3 Å². The van der Waals surface area contributed by atoms with Crippen molar-refractivity contribution >= 4 is 27.7 Å². The van der Waals surface area contributed by atoms with E-state index < -0.39 is 45.9 Å². The van der Waals surface area contributed by atoms with E-state index in [1.807, 2.05) is 0 Å². The van der Waals surface area contributed by atoms with Gasteiger partial charge in [-0.05, 0) is 30.3 Å². The molecule has 1 fully saturated rings. The molecule has 0 radical (unpaired) electrons. The number of nitrogens with zero attached hydrogens (tertiary/aromatic N) is 5. The van der Waals surface area contributed by atoms with Crippen LogP contribution in [0.4, 0.5) is 23.2 Å². The summed E-state index contributed by atoms with van der Waals surface area (Å²) in [7, 11) is -0.986. The molecule has 0 N–H and O–H groups in total. The zero-order chi connectivity index (χ0) is 23.5. The number of hydrogen-bond acceptors (Lipinski definition) is 6. The van der Waals surface area contributed by atoms with E-state index in [4.69, 9.17) is 4.42 Å². The molecule has 0 bridgehead atoms. The highest BCUT2D eigenvalue weighted by Crippen LogP contribution is 2.26. The second-order valence-corrected chi connectivity index (χ2v) is 10.0. The lowest BCUT2D eigenvalue weighted by atomic mass is 10.2. The molecule has 14 heteroatoms. The van der Waals surface area contributed by atoms with Gasteiger partial charge in [-0.3, -0.25) is 13.5 Å². The van der Waals surface area contributed by atoms with E-state index in [1.165, 1.54) is 34.8 Å². The van der Waals surface area contributed by atoms with E-state index in [-0.39, 0.29) is 23.7 Å². The molecule has 176 valence electrons. The Labute approximate surface area is 190 Å². The Kier molecular flexibility index (Phi) is 7.14. The van der Waals surface area contributed by atoms with Crippen LogP contribution in [0.1, 0.15) is 18.0 Å². The van der Waals surface area contributed by atoms with Gasteiger partial charge in [0.1, 0.15) is 11.6 Å². The highest BCUT2D eigenvalue weighted by Gasteiger charge is 2.27. The summed E-state index contributed by atoms with van der Waals surface area (Å²) < 4.78 is 86.3. The van der Waals surface area contributed by atoms with E-state index in [2.05, 4.69) is 15.2 Å². The second kappa shape index (κ2) is 10.1. The smallest absolute Gasteiger partial charge is 0.314 e. The maximum Gasteiger partial charge on any atom is 0.314 e. The van der Waals surface area contributed by atoms with Crippen molar-refractivity contribution in [2.24, 2.45) is 0 Å². The van der Waals surface area contributed by atoms with Crippen molar-refractivity contribution in [1.29, 1.82) is 0 Å². The number of hydrogen-bond donors (Lipinski definition) is 0. The molecule has 1 atom stereocenters. The zero-order valence-corrected chi connectivity index (χ0v) is 18.5. The molecule has 2 aromatic heterocycles. The normalized spacial score (nSPS) is 16.3. The van der Waals surface area contributed by atoms with Crippen LogP contribution in [0.25, 0.3) is 11.5 Å². The maximum absolute atomic E-state index is 14.9. The molecule has 0 saturated carbocycles. The first-order chi connectivity index (χ1) is 15.8. The SMILES string of the molecule is O=S1CCN(S(=O)N(Cc2ncc(-c3nnc(C(F)F)o3)cc2F)c2ccc(F)cc2)CC1. The molecule has 3 aromatic rings. The molecule has 0 amide bonds. The number of anilines is 1. The van der Waals surface area contributed by atoms with Gasteiger partial charge in [0.15, 0.2) is 11.2 Å². The Morgan fingerprint density at radius 2 is 1.85 bits per heavy atom. The van der Waals surface area contributed by atoms with Gasteiger partial charge < -0.3 is 4.42 Å². The van der Waals surface area contributed by atoms with Crippen LogP contribution in [-0.2, 0) is 28.5 Å². The second-order valence-electron chi connectivity index (χ2n) is 6.92. The standard InChI is InChI=1S/C19H17F4N5O3S2/c20-13-1-3-14(4-2-13)28(33(30)27-5-7-32(29)8-6-27)11-16-15(21)9-12(10-24-16)18-25-26-19(31-18)17(22)23/h1-4,9-10,17H,5-8,11H2. The van der Waals surface area contributed by atoms with Crippen molar-refractivity contribution in [2.75, 3.05) is 28.9 Å². The molecule has 0 spiro atoms. The summed E-state index contributed by atoms with van der Waals surface area (Å²) in [6, 6.07) is 6.19. The first-order valence-corrected chi connectivity index (χ1v) is 12.2. The molecule has 0 aliphatic carbocycles. The van der Waals surface area contributed by atoms with Crippen LogP contribution in [0.3, 0.4) is 0 Å². The van der Waals surface area contributed by atoms with Crippen molar-refractivity contribution < 1.29 is 30.4 Å². The van der Waals surface area contributed by atoms with Crippen molar-refractivity contribution in [2.45, 2.75) is 13.0 Å². The molecule has 1 aliphatic rings. The summed E-state index contributed by atoms with van der Waals surface area (Å²) in [6.45, 7) is 0.390. The molecule has 33 heavy (non-hydrogen) atoms. The Morgan fingerprint density at radius 3 is 2.45 bits per heavy atom. The fourth-order valence-electron chi connectivity index (χ4n) is 3.04. The summed E-state index contributed by atoms with van der Waals surface area (Å²) in [5, 5.41) is 6.66. The van der Waals surface area contributed by atoms with Gasteiger partial charge in [-0.1, -0.05) is 0 Å². The van der Waals surface area contributed by atoms with E-state index in [0.717, 1.165) is 6.07 Å². The van der Waals surface area contributed by atoms with Crippen molar-refractivity contribution in [3.05, 3.63) is 59.7 Å². The molecule has 3 heterocycles. The minimum absolute atomic E-state index is 0.00335. The van der Waals surface area contributed by atoms with Crippen LogP contribution in [0.2, 0.25) is 0 Å². The number of benzene rings is 1. The fourth-order valence-corrected chi connectivity index (χ4v) is 5.63. The number of alkyl halides is 2. The molecule has 4 rings (SSSR count). The first kappa shape index (κ1) is 23.4. The molecule has 1 aromatic carbocycles. The van der Waals surface area contributed by atoms with Crippen LogP contribution >= 0.6 is 0 Å². The largest absolute Gasteiger partial charge is 0.415 e. The first-order valence-electron chi connectivity index (χ1n) is 9.63. The average Bonchev–Trinajstić information content (AvgIpc) is 3.30. The predicted octanol–water partition coefficient (Wildman–Crippen LogP) is 3.00. The highest BCUT2D eigenvalue weighted by molar-refractivity contribution is 7.86. The van der Waals surface area contributed by atoms with E-state index in [9.17, 15) is 26.0 Å². The van der Waals surface area contributed by atoms with E-state index in [1.54, 1.807) is 4.31 Å². The Balaban J connectivity index is 1.60. The predicted molar refractivity (Wildman–Crippen MR) is 113 cm³/mol. The average molecular weight is 504 g/mol. The van der Waals surface area contributed by atoms with Gasteiger partial charge in [-0.25, -0.2) is 17.3 Å².